The molecule has 0 saturated heterocycles. The Kier molecular flexibility index (Phi) is 7.38. The van der Waals surface area contributed by atoms with Crippen LogP contribution >= 0.6 is 0 Å². The Hall–Kier alpha value is -0.0800. The van der Waals surface area contributed by atoms with E-state index in [0.717, 1.165) is 18.4 Å². The fourth-order valence-electron chi connectivity index (χ4n) is 3.82. The maximum atomic E-state index is 6.29. The van der Waals surface area contributed by atoms with Gasteiger partial charge in [-0.25, -0.2) is 0 Å². The molecule has 1 fully saturated rings. The van der Waals surface area contributed by atoms with Gasteiger partial charge in [0.1, 0.15) is 0 Å². The number of nitrogens with two attached hydrogens (primary N) is 1. The fourth-order valence-corrected chi connectivity index (χ4v) is 3.82. The van der Waals surface area contributed by atoms with Crippen molar-refractivity contribution in [3.8, 4) is 0 Å². The number of nitrogens with zero attached hydrogens (tertiary/aromatic N) is 1. The Morgan fingerprint density at radius 3 is 2.11 bits per heavy atom. The van der Waals surface area contributed by atoms with Crippen molar-refractivity contribution in [1.29, 1.82) is 0 Å². The molecule has 0 aromatic heterocycles. The molecule has 0 heterocycles. The van der Waals surface area contributed by atoms with E-state index in [0.29, 0.717) is 0 Å². The monoisotopic (exact) mass is 268 g/mol. The van der Waals surface area contributed by atoms with E-state index in [2.05, 4.69) is 32.6 Å². The molecule has 0 aromatic rings. The molecule has 2 heteroatoms. The molecule has 114 valence electrons. The summed E-state index contributed by atoms with van der Waals surface area (Å²) in [6.45, 7) is 12.7. The lowest BCUT2D eigenvalue weighted by molar-refractivity contribution is -0.00572. The van der Waals surface area contributed by atoms with E-state index in [9.17, 15) is 0 Å². The number of hydrogen-bond donors (Lipinski definition) is 1. The van der Waals surface area contributed by atoms with Gasteiger partial charge < -0.3 is 5.73 Å². The van der Waals surface area contributed by atoms with Crippen LogP contribution in [0.15, 0.2) is 0 Å². The highest BCUT2D eigenvalue weighted by atomic mass is 15.2. The Bertz CT molecular complexity index is 233. The molecule has 0 bridgehead atoms. The first kappa shape index (κ1) is 17.0. The Morgan fingerprint density at radius 2 is 1.63 bits per heavy atom. The van der Waals surface area contributed by atoms with Crippen molar-refractivity contribution in [3.05, 3.63) is 0 Å². The molecular formula is C17H36N2. The van der Waals surface area contributed by atoms with Gasteiger partial charge >= 0.3 is 0 Å². The van der Waals surface area contributed by atoms with Crippen LogP contribution in [-0.2, 0) is 0 Å². The number of unbranched alkanes of at least 4 members (excludes halogenated alkanes) is 2. The summed E-state index contributed by atoms with van der Waals surface area (Å²) in [5.74, 6) is 1.59. The zero-order valence-electron chi connectivity index (χ0n) is 13.8. The predicted octanol–water partition coefficient (Wildman–Crippen LogP) is 4.04. The van der Waals surface area contributed by atoms with Crippen LogP contribution in [0.5, 0.6) is 0 Å². The molecule has 2 nitrogen and oxygen atoms in total. The van der Waals surface area contributed by atoms with Gasteiger partial charge in [0.25, 0.3) is 0 Å². The topological polar surface area (TPSA) is 29.3 Å². The first-order valence-corrected chi connectivity index (χ1v) is 8.55. The molecule has 0 aliphatic heterocycles. The van der Waals surface area contributed by atoms with E-state index >= 15 is 0 Å². The second kappa shape index (κ2) is 8.26. The zero-order valence-corrected chi connectivity index (χ0v) is 13.8. The van der Waals surface area contributed by atoms with E-state index in [4.69, 9.17) is 5.73 Å². The van der Waals surface area contributed by atoms with Crippen LogP contribution in [0.1, 0.15) is 72.6 Å². The van der Waals surface area contributed by atoms with Gasteiger partial charge in [-0.05, 0) is 50.6 Å². The molecule has 0 spiro atoms. The normalized spacial score (nSPS) is 31.9. The molecule has 2 N–H and O–H groups in total. The van der Waals surface area contributed by atoms with Crippen molar-refractivity contribution in [2.24, 2.45) is 17.6 Å². The highest BCUT2D eigenvalue weighted by molar-refractivity contribution is 4.99. The van der Waals surface area contributed by atoms with Crippen molar-refractivity contribution < 1.29 is 0 Å². The van der Waals surface area contributed by atoms with Gasteiger partial charge in [-0.15, -0.1) is 0 Å². The summed E-state index contributed by atoms with van der Waals surface area (Å²) in [6.07, 6.45) is 9.24. The van der Waals surface area contributed by atoms with Gasteiger partial charge in [-0.2, -0.15) is 0 Å². The van der Waals surface area contributed by atoms with Gasteiger partial charge in [-0.3, -0.25) is 4.90 Å². The van der Waals surface area contributed by atoms with E-state index in [1.807, 2.05) is 0 Å². The fraction of sp³-hybridized carbons (Fsp3) is 1.00. The summed E-state index contributed by atoms with van der Waals surface area (Å²) >= 11 is 0. The summed E-state index contributed by atoms with van der Waals surface area (Å²) < 4.78 is 0. The molecule has 1 aliphatic rings. The average Bonchev–Trinajstić information content (AvgIpc) is 2.42. The van der Waals surface area contributed by atoms with Crippen molar-refractivity contribution >= 4 is 0 Å². The summed E-state index contributed by atoms with van der Waals surface area (Å²) in [5.41, 5.74) is 6.57. The van der Waals surface area contributed by atoms with Gasteiger partial charge in [0, 0.05) is 12.1 Å². The van der Waals surface area contributed by atoms with E-state index in [1.54, 1.807) is 0 Å². The highest BCUT2D eigenvalue weighted by Crippen LogP contribution is 2.40. The van der Waals surface area contributed by atoms with Crippen molar-refractivity contribution in [2.75, 3.05) is 19.6 Å². The Morgan fingerprint density at radius 1 is 1.05 bits per heavy atom. The summed E-state index contributed by atoms with van der Waals surface area (Å²) in [7, 11) is 0. The van der Waals surface area contributed by atoms with Crippen LogP contribution in [0.3, 0.4) is 0 Å². The number of rotatable bonds is 8. The molecule has 3 atom stereocenters. The SMILES string of the molecule is CCCCN(CCCC)C1(CN)CC(C)CCC1C. The van der Waals surface area contributed by atoms with E-state index < -0.39 is 0 Å². The lowest BCUT2D eigenvalue weighted by Gasteiger charge is -2.52. The Labute approximate surface area is 121 Å². The minimum absolute atomic E-state index is 0.280. The minimum Gasteiger partial charge on any atom is -0.329 e. The Balaban J connectivity index is 2.83. The van der Waals surface area contributed by atoms with Gasteiger partial charge in [0.15, 0.2) is 0 Å². The number of hydrogen-bond acceptors (Lipinski definition) is 2. The van der Waals surface area contributed by atoms with Crippen LogP contribution in [0, 0.1) is 11.8 Å². The molecule has 0 amide bonds. The molecule has 1 rings (SSSR count). The average molecular weight is 268 g/mol. The third kappa shape index (κ3) is 4.19. The van der Waals surface area contributed by atoms with Crippen LogP contribution in [-0.4, -0.2) is 30.1 Å². The smallest absolute Gasteiger partial charge is 0.0359 e. The van der Waals surface area contributed by atoms with Crippen molar-refractivity contribution in [1.82, 2.24) is 4.90 Å². The highest BCUT2D eigenvalue weighted by Gasteiger charge is 2.43. The summed E-state index contributed by atoms with van der Waals surface area (Å²) in [5, 5.41) is 0. The van der Waals surface area contributed by atoms with Gasteiger partial charge in [-0.1, -0.05) is 47.0 Å². The third-order valence-corrected chi connectivity index (χ3v) is 5.26. The van der Waals surface area contributed by atoms with Crippen LogP contribution < -0.4 is 5.73 Å². The van der Waals surface area contributed by atoms with E-state index in [-0.39, 0.29) is 5.54 Å². The first-order chi connectivity index (χ1) is 9.10. The molecule has 1 aliphatic carbocycles. The summed E-state index contributed by atoms with van der Waals surface area (Å²) in [4.78, 5) is 2.76. The van der Waals surface area contributed by atoms with Gasteiger partial charge in [0.2, 0.25) is 0 Å². The third-order valence-electron chi connectivity index (χ3n) is 5.26. The van der Waals surface area contributed by atoms with Crippen molar-refractivity contribution in [3.63, 3.8) is 0 Å². The zero-order chi connectivity index (χ0) is 14.3. The maximum absolute atomic E-state index is 6.29. The molecule has 0 radical (unpaired) electrons. The molecule has 3 unspecified atom stereocenters. The van der Waals surface area contributed by atoms with Crippen LogP contribution in [0.2, 0.25) is 0 Å². The lowest BCUT2D eigenvalue weighted by atomic mass is 9.68. The van der Waals surface area contributed by atoms with Crippen LogP contribution in [0.25, 0.3) is 0 Å². The summed E-state index contributed by atoms with van der Waals surface area (Å²) in [6, 6.07) is 0. The van der Waals surface area contributed by atoms with Crippen LogP contribution in [0.4, 0.5) is 0 Å². The largest absolute Gasteiger partial charge is 0.329 e. The molecular weight excluding hydrogens is 232 g/mol. The first-order valence-electron chi connectivity index (χ1n) is 8.55. The minimum atomic E-state index is 0.280. The molecule has 1 saturated carbocycles. The predicted molar refractivity (Wildman–Crippen MR) is 85.4 cm³/mol. The standard InChI is InChI=1S/C17H36N2/c1-5-7-11-19(12-8-6-2)17(14-18)13-15(3)9-10-16(17)4/h15-16H,5-14,18H2,1-4H3. The molecule has 19 heavy (non-hydrogen) atoms. The lowest BCUT2D eigenvalue weighted by Crippen LogP contribution is -2.60. The maximum Gasteiger partial charge on any atom is 0.0359 e. The quantitative estimate of drug-likeness (QED) is 0.720. The second-order valence-corrected chi connectivity index (χ2v) is 6.79. The molecule has 0 aromatic carbocycles. The van der Waals surface area contributed by atoms with E-state index in [1.165, 1.54) is 58.0 Å². The van der Waals surface area contributed by atoms with Gasteiger partial charge in [0.05, 0.1) is 0 Å². The van der Waals surface area contributed by atoms with Crippen molar-refractivity contribution in [2.45, 2.75) is 78.2 Å². The second-order valence-electron chi connectivity index (χ2n) is 6.79.